The number of allylic oxidation sites excluding steroid dienone is 1. The van der Waals surface area contributed by atoms with Gasteiger partial charge in [0.15, 0.2) is 0 Å². The summed E-state index contributed by atoms with van der Waals surface area (Å²) in [6.07, 6.45) is 4.67. The molecule has 1 aliphatic carbocycles. The molecule has 0 aromatic carbocycles. The van der Waals surface area contributed by atoms with E-state index in [0.717, 1.165) is 24.8 Å². The number of aliphatic carboxylic acids is 1. The molecule has 6 heteroatoms. The van der Waals surface area contributed by atoms with Gasteiger partial charge in [0.1, 0.15) is 0 Å². The molecule has 2 amide bonds. The third-order valence-corrected chi connectivity index (χ3v) is 6.33. The van der Waals surface area contributed by atoms with Gasteiger partial charge in [0.2, 0.25) is 11.8 Å². The second kappa shape index (κ2) is 9.38. The zero-order valence-electron chi connectivity index (χ0n) is 17.0. The fraction of sp³-hybridized carbons (Fsp3) is 0.762. The lowest BCUT2D eigenvalue weighted by Gasteiger charge is -2.37. The summed E-state index contributed by atoms with van der Waals surface area (Å²) >= 11 is 0. The van der Waals surface area contributed by atoms with Crippen molar-refractivity contribution in [3.63, 3.8) is 0 Å². The molecule has 0 aromatic rings. The molecule has 0 aromatic heterocycles. The van der Waals surface area contributed by atoms with Crippen LogP contribution in [0, 0.1) is 29.6 Å². The van der Waals surface area contributed by atoms with Crippen LogP contribution in [0.4, 0.5) is 0 Å². The van der Waals surface area contributed by atoms with Crippen molar-refractivity contribution in [1.82, 2.24) is 10.2 Å². The van der Waals surface area contributed by atoms with E-state index in [1.165, 1.54) is 0 Å². The van der Waals surface area contributed by atoms with Crippen molar-refractivity contribution in [3.8, 4) is 0 Å². The van der Waals surface area contributed by atoms with Gasteiger partial charge in [-0.25, -0.2) is 0 Å². The molecule has 0 spiro atoms. The van der Waals surface area contributed by atoms with Crippen LogP contribution < -0.4 is 5.32 Å². The van der Waals surface area contributed by atoms with Crippen molar-refractivity contribution >= 4 is 17.8 Å². The van der Waals surface area contributed by atoms with Crippen molar-refractivity contribution in [1.29, 1.82) is 0 Å². The topological polar surface area (TPSA) is 86.7 Å². The van der Waals surface area contributed by atoms with Crippen molar-refractivity contribution in [2.45, 2.75) is 53.4 Å². The van der Waals surface area contributed by atoms with Crippen LogP contribution in [0.5, 0.6) is 0 Å². The van der Waals surface area contributed by atoms with E-state index in [4.69, 9.17) is 5.11 Å². The van der Waals surface area contributed by atoms with E-state index < -0.39 is 5.97 Å². The molecule has 0 radical (unpaired) electrons. The van der Waals surface area contributed by atoms with Gasteiger partial charge in [-0.3, -0.25) is 14.4 Å². The number of nitrogens with one attached hydrogen (secondary N) is 1. The number of nitrogens with zero attached hydrogens (tertiary/aromatic N) is 1. The molecular weight excluding hydrogens is 344 g/mol. The Hall–Kier alpha value is -1.85. The molecule has 152 valence electrons. The first-order valence-corrected chi connectivity index (χ1v) is 10.1. The predicted molar refractivity (Wildman–Crippen MR) is 104 cm³/mol. The highest BCUT2D eigenvalue weighted by atomic mass is 16.4. The number of carbonyl (C=O) groups excluding carboxylic acids is 2. The fourth-order valence-electron chi connectivity index (χ4n) is 4.54. The number of carbonyl (C=O) groups is 3. The molecule has 2 rings (SSSR count). The van der Waals surface area contributed by atoms with E-state index in [9.17, 15) is 14.4 Å². The van der Waals surface area contributed by atoms with Gasteiger partial charge in [-0.05, 0) is 49.9 Å². The first kappa shape index (κ1) is 21.5. The van der Waals surface area contributed by atoms with Gasteiger partial charge in [0, 0.05) is 32.5 Å². The standard InChI is InChI=1S/C21H34N2O4/c1-13(2)19-10-17(11-20(25)26)14(3)9-18(19)12-22-21(27)16-5-7-23(8-6-16)15(4)24/h9,13,16-19H,5-8,10-12H2,1-4H3,(H,22,27)(H,25,26)/t17-,18-,19-/m0/s1. The van der Waals surface area contributed by atoms with E-state index in [2.05, 4.69) is 25.2 Å². The number of likely N-dealkylation sites (tertiary alicyclic amines) is 1. The van der Waals surface area contributed by atoms with Crippen LogP contribution in [0.3, 0.4) is 0 Å². The summed E-state index contributed by atoms with van der Waals surface area (Å²) in [5.74, 6) is 0.538. The highest BCUT2D eigenvalue weighted by Crippen LogP contribution is 2.38. The van der Waals surface area contributed by atoms with Crippen molar-refractivity contribution < 1.29 is 19.5 Å². The van der Waals surface area contributed by atoms with Gasteiger partial charge >= 0.3 is 5.97 Å². The Morgan fingerprint density at radius 3 is 2.41 bits per heavy atom. The Morgan fingerprint density at radius 1 is 1.26 bits per heavy atom. The minimum atomic E-state index is -0.751. The van der Waals surface area contributed by atoms with E-state index in [1.54, 1.807) is 11.8 Å². The van der Waals surface area contributed by atoms with Crippen LogP contribution in [0.25, 0.3) is 0 Å². The summed E-state index contributed by atoms with van der Waals surface area (Å²) in [6.45, 7) is 9.83. The zero-order chi connectivity index (χ0) is 20.1. The molecule has 6 nitrogen and oxygen atoms in total. The number of amides is 2. The summed E-state index contributed by atoms with van der Waals surface area (Å²) in [6, 6.07) is 0. The third kappa shape index (κ3) is 5.81. The average Bonchev–Trinajstić information content (AvgIpc) is 2.60. The quantitative estimate of drug-likeness (QED) is 0.696. The Bertz CT molecular complexity index is 591. The number of carboxylic acid groups (broad SMARTS) is 1. The van der Waals surface area contributed by atoms with Crippen LogP contribution in [-0.2, 0) is 14.4 Å². The molecule has 2 N–H and O–H groups in total. The number of carboxylic acids is 1. The second-order valence-electron chi connectivity index (χ2n) is 8.54. The van der Waals surface area contributed by atoms with Gasteiger partial charge in [-0.2, -0.15) is 0 Å². The van der Waals surface area contributed by atoms with Crippen molar-refractivity contribution in [3.05, 3.63) is 11.6 Å². The summed E-state index contributed by atoms with van der Waals surface area (Å²) in [5.41, 5.74) is 1.13. The number of rotatable bonds is 6. The predicted octanol–water partition coefficient (Wildman–Crippen LogP) is 2.69. The molecule has 3 atom stereocenters. The smallest absolute Gasteiger partial charge is 0.303 e. The second-order valence-corrected chi connectivity index (χ2v) is 8.54. The molecule has 1 saturated heterocycles. The van der Waals surface area contributed by atoms with Gasteiger partial charge in [-0.15, -0.1) is 0 Å². The maximum Gasteiger partial charge on any atom is 0.303 e. The van der Waals surface area contributed by atoms with E-state index >= 15 is 0 Å². The minimum Gasteiger partial charge on any atom is -0.481 e. The molecule has 27 heavy (non-hydrogen) atoms. The normalized spacial score (nSPS) is 26.6. The van der Waals surface area contributed by atoms with Gasteiger partial charge in [0.25, 0.3) is 0 Å². The average molecular weight is 379 g/mol. The summed E-state index contributed by atoms with van der Waals surface area (Å²) in [4.78, 5) is 36.9. The maximum atomic E-state index is 12.6. The van der Waals surface area contributed by atoms with E-state index in [1.807, 2.05) is 6.92 Å². The fourth-order valence-corrected chi connectivity index (χ4v) is 4.54. The third-order valence-electron chi connectivity index (χ3n) is 6.33. The summed E-state index contributed by atoms with van der Waals surface area (Å²) in [7, 11) is 0. The molecule has 1 heterocycles. The monoisotopic (exact) mass is 378 g/mol. The lowest BCUT2D eigenvalue weighted by atomic mass is 9.70. The molecule has 0 unspecified atom stereocenters. The molecule has 0 saturated carbocycles. The number of hydrogen-bond acceptors (Lipinski definition) is 3. The van der Waals surface area contributed by atoms with Crippen LogP contribution in [0.1, 0.15) is 53.4 Å². The Balaban J connectivity index is 1.93. The van der Waals surface area contributed by atoms with Gasteiger partial charge in [-0.1, -0.05) is 25.5 Å². The Kier molecular flexibility index (Phi) is 7.45. The molecule has 2 aliphatic rings. The maximum absolute atomic E-state index is 12.6. The van der Waals surface area contributed by atoms with Crippen LogP contribution in [0.2, 0.25) is 0 Å². The van der Waals surface area contributed by atoms with Gasteiger partial charge in [0.05, 0.1) is 6.42 Å². The van der Waals surface area contributed by atoms with Gasteiger partial charge < -0.3 is 15.3 Å². The SMILES string of the molecule is CC(=O)N1CCC(C(=O)NC[C@@H]2C=C(C)[C@H](CC(=O)O)C[C@H]2C(C)C)CC1. The minimum absolute atomic E-state index is 0.0217. The first-order valence-electron chi connectivity index (χ1n) is 10.1. The largest absolute Gasteiger partial charge is 0.481 e. The number of piperidine rings is 1. The molecule has 0 bridgehead atoms. The van der Waals surface area contributed by atoms with Crippen LogP contribution >= 0.6 is 0 Å². The summed E-state index contributed by atoms with van der Waals surface area (Å²) < 4.78 is 0. The molecule has 1 fully saturated rings. The lowest BCUT2D eigenvalue weighted by molar-refractivity contribution is -0.138. The summed E-state index contributed by atoms with van der Waals surface area (Å²) in [5, 5.41) is 12.3. The molecular formula is C21H34N2O4. The Morgan fingerprint density at radius 2 is 1.89 bits per heavy atom. The lowest BCUT2D eigenvalue weighted by Crippen LogP contribution is -2.44. The highest BCUT2D eigenvalue weighted by molar-refractivity contribution is 5.79. The zero-order valence-corrected chi connectivity index (χ0v) is 17.0. The van der Waals surface area contributed by atoms with E-state index in [0.29, 0.717) is 31.5 Å². The first-order chi connectivity index (χ1) is 12.7. The van der Waals surface area contributed by atoms with Crippen LogP contribution in [-0.4, -0.2) is 47.4 Å². The highest BCUT2D eigenvalue weighted by Gasteiger charge is 2.33. The number of hydrogen-bond donors (Lipinski definition) is 2. The van der Waals surface area contributed by atoms with E-state index in [-0.39, 0.29) is 36.0 Å². The Labute approximate surface area is 162 Å². The van der Waals surface area contributed by atoms with Crippen molar-refractivity contribution in [2.75, 3.05) is 19.6 Å². The van der Waals surface area contributed by atoms with Crippen molar-refractivity contribution in [2.24, 2.45) is 29.6 Å². The van der Waals surface area contributed by atoms with Crippen LogP contribution in [0.15, 0.2) is 11.6 Å². The molecule has 1 aliphatic heterocycles.